The first-order valence-corrected chi connectivity index (χ1v) is 8.89. The second kappa shape index (κ2) is 10.7. The Labute approximate surface area is 179 Å². The Morgan fingerprint density at radius 3 is 1.19 bits per heavy atom. The van der Waals surface area contributed by atoms with Crippen molar-refractivity contribution in [2.24, 2.45) is 10.3 Å². The molecule has 12 heteroatoms. The summed E-state index contributed by atoms with van der Waals surface area (Å²) in [7, 11) is 2.03. The highest BCUT2D eigenvalue weighted by molar-refractivity contribution is 6.04. The van der Waals surface area contributed by atoms with Crippen molar-refractivity contribution >= 4 is 11.4 Å². The molecule has 174 valence electrons. The third-order valence-corrected chi connectivity index (χ3v) is 3.78. The van der Waals surface area contributed by atoms with Crippen LogP contribution in [0.1, 0.15) is 11.1 Å². The molecule has 32 heavy (non-hydrogen) atoms. The topological polar surface area (TPSA) is 61.6 Å². The van der Waals surface area contributed by atoms with Gasteiger partial charge in [-0.1, -0.05) is 10.3 Å². The van der Waals surface area contributed by atoms with Gasteiger partial charge in [0.1, 0.15) is 38.9 Å². The van der Waals surface area contributed by atoms with E-state index in [1.54, 1.807) is 0 Å². The summed E-state index contributed by atoms with van der Waals surface area (Å²) in [6, 6.07) is 10.0. The number of hydrogen-bond acceptors (Lipinski definition) is 6. The third kappa shape index (κ3) is 7.06. The molecule has 0 aliphatic carbocycles. The zero-order valence-corrected chi connectivity index (χ0v) is 16.8. The van der Waals surface area contributed by atoms with Crippen LogP contribution in [-0.4, -0.2) is 51.2 Å². The van der Waals surface area contributed by atoms with E-state index >= 15 is 0 Å². The van der Waals surface area contributed by atoms with E-state index in [0.717, 1.165) is 14.2 Å². The lowest BCUT2D eigenvalue weighted by Gasteiger charge is -2.12. The number of nitrogens with zero attached hydrogens (tertiary/aromatic N) is 2. The first-order valence-electron chi connectivity index (χ1n) is 8.89. The summed E-state index contributed by atoms with van der Waals surface area (Å²) in [5.74, 6) is 0.578. The highest BCUT2D eigenvalue weighted by Crippen LogP contribution is 2.25. The second-order valence-electron chi connectivity index (χ2n) is 5.99. The first-order chi connectivity index (χ1) is 15.1. The Morgan fingerprint density at radius 2 is 0.938 bits per heavy atom. The minimum Gasteiger partial charge on any atom is -0.490 e. The number of halogens is 6. The summed E-state index contributed by atoms with van der Waals surface area (Å²) < 4.78 is 88.4. The molecule has 6 nitrogen and oxygen atoms in total. The molecule has 0 aliphatic heterocycles. The molecule has 2 aromatic rings. The SMILES string of the molecule is CON=C(c1ccc(OCCOc2ccc(C(=NOC)C(F)(F)F)cc2)cc1)C(F)(F)F. The van der Waals surface area contributed by atoms with E-state index in [4.69, 9.17) is 9.47 Å². The molecule has 0 saturated heterocycles. The van der Waals surface area contributed by atoms with E-state index in [2.05, 4.69) is 20.0 Å². The van der Waals surface area contributed by atoms with Gasteiger partial charge in [-0.15, -0.1) is 0 Å². The molecule has 0 spiro atoms. The van der Waals surface area contributed by atoms with E-state index in [0.29, 0.717) is 0 Å². The summed E-state index contributed by atoms with van der Waals surface area (Å²) in [6.45, 7) is 0.0800. The zero-order valence-electron chi connectivity index (χ0n) is 16.8. The molecule has 0 atom stereocenters. The fourth-order valence-electron chi connectivity index (χ4n) is 2.46. The smallest absolute Gasteiger partial charge is 0.437 e. The average Bonchev–Trinajstić information content (AvgIpc) is 2.73. The molecule has 2 aromatic carbocycles. The minimum absolute atomic E-state index is 0.0400. The van der Waals surface area contributed by atoms with Gasteiger partial charge in [-0.3, -0.25) is 0 Å². The predicted molar refractivity (Wildman–Crippen MR) is 103 cm³/mol. The van der Waals surface area contributed by atoms with Crippen molar-refractivity contribution < 1.29 is 45.5 Å². The van der Waals surface area contributed by atoms with Crippen molar-refractivity contribution in [3.63, 3.8) is 0 Å². The van der Waals surface area contributed by atoms with Crippen LogP contribution < -0.4 is 9.47 Å². The maximum absolute atomic E-state index is 12.9. The molecule has 0 saturated carbocycles. The molecular formula is C20H18F6N2O4. The van der Waals surface area contributed by atoms with Crippen molar-refractivity contribution in [2.75, 3.05) is 27.4 Å². The van der Waals surface area contributed by atoms with Crippen molar-refractivity contribution in [1.82, 2.24) is 0 Å². The summed E-state index contributed by atoms with van der Waals surface area (Å²) in [5, 5.41) is 6.00. The molecule has 0 heterocycles. The lowest BCUT2D eigenvalue weighted by Crippen LogP contribution is -2.24. The largest absolute Gasteiger partial charge is 0.490 e. The fraction of sp³-hybridized carbons (Fsp3) is 0.300. The van der Waals surface area contributed by atoms with E-state index in [-0.39, 0.29) is 35.8 Å². The molecule has 0 aromatic heterocycles. The van der Waals surface area contributed by atoms with Crippen molar-refractivity contribution in [1.29, 1.82) is 0 Å². The first kappa shape index (κ1) is 24.8. The Morgan fingerprint density at radius 1 is 0.625 bits per heavy atom. The third-order valence-electron chi connectivity index (χ3n) is 3.78. The number of ether oxygens (including phenoxy) is 2. The van der Waals surface area contributed by atoms with Crippen LogP contribution in [0.2, 0.25) is 0 Å². The standard InChI is InChI=1S/C20H18F6N2O4/c1-29-27-17(19(21,22)23)13-3-7-15(8-4-13)31-11-12-32-16-9-5-14(6-10-16)18(28-30-2)20(24,25)26/h3-10H,11-12H2,1-2H3. The van der Waals surface area contributed by atoms with Crippen molar-refractivity contribution in [2.45, 2.75) is 12.4 Å². The quantitative estimate of drug-likeness (QED) is 0.228. The van der Waals surface area contributed by atoms with Crippen LogP contribution in [0.3, 0.4) is 0 Å². The zero-order chi connectivity index (χ0) is 23.8. The average molecular weight is 464 g/mol. The Kier molecular flexibility index (Phi) is 8.33. The molecule has 0 N–H and O–H groups in total. The van der Waals surface area contributed by atoms with E-state index in [1.165, 1.54) is 48.5 Å². The number of benzene rings is 2. The van der Waals surface area contributed by atoms with Gasteiger partial charge < -0.3 is 19.1 Å². The van der Waals surface area contributed by atoms with Gasteiger partial charge in [0.15, 0.2) is 11.4 Å². The van der Waals surface area contributed by atoms with Gasteiger partial charge in [0.2, 0.25) is 0 Å². The molecule has 0 amide bonds. The molecule has 0 unspecified atom stereocenters. The van der Waals surface area contributed by atoms with E-state index < -0.39 is 23.8 Å². The van der Waals surface area contributed by atoms with Gasteiger partial charge in [-0.05, 0) is 48.5 Å². The van der Waals surface area contributed by atoms with Gasteiger partial charge in [-0.2, -0.15) is 26.3 Å². The number of oxime groups is 2. The highest BCUT2D eigenvalue weighted by Gasteiger charge is 2.38. The summed E-state index contributed by atoms with van der Waals surface area (Å²) in [5.41, 5.74) is -2.75. The van der Waals surface area contributed by atoms with Gasteiger partial charge in [-0.25, -0.2) is 0 Å². The van der Waals surface area contributed by atoms with Crippen LogP contribution in [0.5, 0.6) is 11.5 Å². The van der Waals surface area contributed by atoms with Gasteiger partial charge in [0.05, 0.1) is 0 Å². The molecule has 2 rings (SSSR count). The predicted octanol–water partition coefficient (Wildman–Crippen LogP) is 4.97. The van der Waals surface area contributed by atoms with Crippen LogP contribution >= 0.6 is 0 Å². The summed E-state index contributed by atoms with van der Waals surface area (Å²) >= 11 is 0. The van der Waals surface area contributed by atoms with Crippen LogP contribution in [0.15, 0.2) is 58.8 Å². The minimum atomic E-state index is -4.68. The van der Waals surface area contributed by atoms with Crippen LogP contribution in [-0.2, 0) is 9.68 Å². The van der Waals surface area contributed by atoms with Crippen molar-refractivity contribution in [3.05, 3.63) is 59.7 Å². The molecule has 0 bridgehead atoms. The van der Waals surface area contributed by atoms with Crippen LogP contribution in [0, 0.1) is 0 Å². The lowest BCUT2D eigenvalue weighted by molar-refractivity contribution is -0.0616. The van der Waals surface area contributed by atoms with Crippen LogP contribution in [0.25, 0.3) is 0 Å². The number of hydrogen-bond donors (Lipinski definition) is 0. The maximum atomic E-state index is 12.9. The van der Waals surface area contributed by atoms with Gasteiger partial charge in [0, 0.05) is 11.1 Å². The lowest BCUT2D eigenvalue weighted by atomic mass is 10.1. The second-order valence-corrected chi connectivity index (χ2v) is 5.99. The Hall–Kier alpha value is -3.44. The molecule has 0 fully saturated rings. The molecule has 0 aliphatic rings. The van der Waals surface area contributed by atoms with Gasteiger partial charge >= 0.3 is 12.4 Å². The summed E-state index contributed by atoms with van der Waals surface area (Å²) in [6.07, 6.45) is -9.36. The molecule has 0 radical (unpaired) electrons. The number of rotatable bonds is 9. The number of alkyl halides is 6. The Bertz CT molecular complexity index is 846. The highest BCUT2D eigenvalue weighted by atomic mass is 19.4. The van der Waals surface area contributed by atoms with E-state index in [1.807, 2.05) is 0 Å². The Balaban J connectivity index is 1.90. The summed E-state index contributed by atoms with van der Waals surface area (Å²) in [4.78, 5) is 8.47. The van der Waals surface area contributed by atoms with E-state index in [9.17, 15) is 26.3 Å². The monoisotopic (exact) mass is 464 g/mol. The maximum Gasteiger partial charge on any atom is 0.437 e. The van der Waals surface area contributed by atoms with Crippen LogP contribution in [0.4, 0.5) is 26.3 Å². The van der Waals surface area contributed by atoms with Crippen molar-refractivity contribution in [3.8, 4) is 11.5 Å². The normalized spacial score (nSPS) is 13.0. The molecular weight excluding hydrogens is 446 g/mol. The fourth-order valence-corrected chi connectivity index (χ4v) is 2.46. The van der Waals surface area contributed by atoms with Gasteiger partial charge in [0.25, 0.3) is 0 Å².